The second-order valence-electron chi connectivity index (χ2n) is 3.55. The van der Waals surface area contributed by atoms with E-state index in [0.29, 0.717) is 5.76 Å². The molecule has 0 bridgehead atoms. The lowest BCUT2D eigenvalue weighted by molar-refractivity contribution is 0.520. The van der Waals surface area contributed by atoms with Crippen LogP contribution in [0, 0.1) is 0 Å². The van der Waals surface area contributed by atoms with Crippen molar-refractivity contribution in [2.24, 2.45) is 0 Å². The van der Waals surface area contributed by atoms with E-state index in [0.717, 1.165) is 11.8 Å². The van der Waals surface area contributed by atoms with Crippen LogP contribution < -0.4 is 0 Å². The van der Waals surface area contributed by atoms with E-state index in [9.17, 15) is 8.42 Å². The Bertz CT molecular complexity index is 572. The van der Waals surface area contributed by atoms with Crippen molar-refractivity contribution in [2.75, 3.05) is 6.26 Å². The molecule has 4 nitrogen and oxygen atoms in total. The van der Waals surface area contributed by atoms with Crippen LogP contribution in [0.25, 0.3) is 11.3 Å². The Kier molecular flexibility index (Phi) is 2.78. The predicted molar refractivity (Wildman–Crippen MR) is 60.5 cm³/mol. The van der Waals surface area contributed by atoms with Crippen molar-refractivity contribution in [2.45, 2.75) is 5.75 Å². The highest BCUT2D eigenvalue weighted by Crippen LogP contribution is 2.20. The van der Waals surface area contributed by atoms with Crippen molar-refractivity contribution in [1.29, 1.82) is 0 Å². The Balaban J connectivity index is 2.27. The van der Waals surface area contributed by atoms with Gasteiger partial charge in [0, 0.05) is 11.8 Å². The van der Waals surface area contributed by atoms with Crippen molar-refractivity contribution in [3.8, 4) is 11.3 Å². The maximum Gasteiger partial charge on any atom is 0.210 e. The minimum atomic E-state index is -3.10. The van der Waals surface area contributed by atoms with Gasteiger partial charge in [-0.3, -0.25) is 0 Å². The van der Waals surface area contributed by atoms with Gasteiger partial charge in [-0.25, -0.2) is 13.4 Å². The Morgan fingerprint density at radius 2 is 1.94 bits per heavy atom. The van der Waals surface area contributed by atoms with Crippen LogP contribution in [-0.4, -0.2) is 19.7 Å². The lowest BCUT2D eigenvalue weighted by Gasteiger charge is -1.94. The highest BCUT2D eigenvalue weighted by atomic mass is 32.2. The molecule has 1 heterocycles. The number of sulfone groups is 1. The van der Waals surface area contributed by atoms with E-state index in [1.807, 2.05) is 30.3 Å². The first kappa shape index (κ1) is 10.9. The number of oxazole rings is 1. The third kappa shape index (κ3) is 2.70. The van der Waals surface area contributed by atoms with E-state index in [1.54, 1.807) is 0 Å². The summed E-state index contributed by atoms with van der Waals surface area (Å²) in [6.07, 6.45) is 2.69. The minimum Gasteiger partial charge on any atom is -0.440 e. The van der Waals surface area contributed by atoms with Crippen molar-refractivity contribution in [3.63, 3.8) is 0 Å². The Hall–Kier alpha value is -1.62. The summed E-state index contributed by atoms with van der Waals surface area (Å²) in [6, 6.07) is 9.43. The molecule has 0 unspecified atom stereocenters. The molecule has 1 aromatic heterocycles. The van der Waals surface area contributed by atoms with Gasteiger partial charge in [0.25, 0.3) is 0 Å². The Morgan fingerprint density at radius 3 is 2.56 bits per heavy atom. The SMILES string of the molecule is CS(=O)(=O)Cc1ncc(-c2ccccc2)o1. The van der Waals surface area contributed by atoms with Crippen molar-refractivity contribution < 1.29 is 12.8 Å². The smallest absolute Gasteiger partial charge is 0.210 e. The molecule has 0 amide bonds. The third-order valence-electron chi connectivity index (χ3n) is 2.00. The molecule has 0 spiro atoms. The van der Waals surface area contributed by atoms with Crippen molar-refractivity contribution in [1.82, 2.24) is 4.98 Å². The topological polar surface area (TPSA) is 60.2 Å². The summed E-state index contributed by atoms with van der Waals surface area (Å²) in [5.74, 6) is 0.639. The molecule has 2 aromatic rings. The molecule has 0 atom stereocenters. The van der Waals surface area contributed by atoms with Gasteiger partial charge in [0.2, 0.25) is 5.89 Å². The normalized spacial score (nSPS) is 11.6. The predicted octanol–water partition coefficient (Wildman–Crippen LogP) is 1.89. The Labute approximate surface area is 93.9 Å². The average molecular weight is 237 g/mol. The fourth-order valence-corrected chi connectivity index (χ4v) is 1.92. The van der Waals surface area contributed by atoms with Gasteiger partial charge < -0.3 is 4.42 Å². The first-order valence-electron chi connectivity index (χ1n) is 4.72. The summed E-state index contributed by atoms with van der Waals surface area (Å²) in [6.45, 7) is 0. The van der Waals surface area contributed by atoms with Gasteiger partial charge in [-0.2, -0.15) is 0 Å². The maximum atomic E-state index is 11.0. The highest BCUT2D eigenvalue weighted by Gasteiger charge is 2.11. The van der Waals surface area contributed by atoms with Gasteiger partial charge >= 0.3 is 0 Å². The van der Waals surface area contributed by atoms with Crippen LogP contribution in [0.2, 0.25) is 0 Å². The summed E-state index contributed by atoms with van der Waals surface area (Å²) >= 11 is 0. The third-order valence-corrected chi connectivity index (χ3v) is 2.77. The van der Waals surface area contributed by atoms with Crippen LogP contribution >= 0.6 is 0 Å². The number of hydrogen-bond donors (Lipinski definition) is 0. The number of hydrogen-bond acceptors (Lipinski definition) is 4. The van der Waals surface area contributed by atoms with Crippen molar-refractivity contribution >= 4 is 9.84 Å². The molecular weight excluding hydrogens is 226 g/mol. The molecule has 0 aliphatic carbocycles. The second kappa shape index (κ2) is 4.09. The van der Waals surface area contributed by atoms with Gasteiger partial charge in [-0.15, -0.1) is 0 Å². The minimum absolute atomic E-state index is 0.167. The van der Waals surface area contributed by atoms with Crippen LogP contribution in [0.3, 0.4) is 0 Å². The molecular formula is C11H11NO3S. The summed E-state index contributed by atoms with van der Waals surface area (Å²) in [4.78, 5) is 3.93. The van der Waals surface area contributed by atoms with Gasteiger partial charge in [0.1, 0.15) is 5.75 Å². The molecule has 0 aliphatic heterocycles. The Morgan fingerprint density at radius 1 is 1.25 bits per heavy atom. The first-order chi connectivity index (χ1) is 7.54. The van der Waals surface area contributed by atoms with E-state index >= 15 is 0 Å². The molecule has 0 saturated heterocycles. The van der Waals surface area contributed by atoms with Crippen LogP contribution in [0.1, 0.15) is 5.89 Å². The summed E-state index contributed by atoms with van der Waals surface area (Å²) in [5.41, 5.74) is 0.884. The molecule has 84 valence electrons. The fraction of sp³-hybridized carbons (Fsp3) is 0.182. The van der Waals surface area contributed by atoms with Crippen LogP contribution in [0.4, 0.5) is 0 Å². The van der Waals surface area contributed by atoms with Crippen LogP contribution in [-0.2, 0) is 15.6 Å². The molecule has 0 fully saturated rings. The number of benzene rings is 1. The largest absolute Gasteiger partial charge is 0.440 e. The van der Waals surface area contributed by atoms with Gasteiger partial charge in [0.05, 0.1) is 6.20 Å². The van der Waals surface area contributed by atoms with Crippen molar-refractivity contribution in [3.05, 3.63) is 42.4 Å². The lowest BCUT2D eigenvalue weighted by Crippen LogP contribution is -2.00. The number of rotatable bonds is 3. The van der Waals surface area contributed by atoms with Gasteiger partial charge in [0.15, 0.2) is 15.6 Å². The average Bonchev–Trinajstić information content (AvgIpc) is 2.65. The zero-order valence-electron chi connectivity index (χ0n) is 8.75. The van der Waals surface area contributed by atoms with E-state index in [2.05, 4.69) is 4.98 Å². The highest BCUT2D eigenvalue weighted by molar-refractivity contribution is 7.89. The molecule has 5 heteroatoms. The molecule has 0 aliphatic rings. The molecule has 1 aromatic carbocycles. The van der Waals surface area contributed by atoms with Gasteiger partial charge in [-0.1, -0.05) is 30.3 Å². The summed E-state index contributed by atoms with van der Waals surface area (Å²) in [5, 5.41) is 0. The lowest BCUT2D eigenvalue weighted by atomic mass is 10.2. The quantitative estimate of drug-likeness (QED) is 0.817. The van der Waals surface area contributed by atoms with E-state index in [4.69, 9.17) is 4.42 Å². The second-order valence-corrected chi connectivity index (χ2v) is 5.69. The first-order valence-corrected chi connectivity index (χ1v) is 6.78. The molecule has 16 heavy (non-hydrogen) atoms. The standard InChI is InChI=1S/C11H11NO3S/c1-16(13,14)8-11-12-7-10(15-11)9-5-3-2-4-6-9/h2-7H,8H2,1H3. The van der Waals surface area contributed by atoms with Gasteiger partial charge in [-0.05, 0) is 0 Å². The van der Waals surface area contributed by atoms with Crippen LogP contribution in [0.5, 0.6) is 0 Å². The molecule has 2 rings (SSSR count). The van der Waals surface area contributed by atoms with E-state index < -0.39 is 9.84 Å². The fourth-order valence-electron chi connectivity index (χ4n) is 1.34. The van der Waals surface area contributed by atoms with E-state index in [-0.39, 0.29) is 11.6 Å². The van der Waals surface area contributed by atoms with Crippen LogP contribution in [0.15, 0.2) is 40.9 Å². The number of aromatic nitrogens is 1. The molecule has 0 saturated carbocycles. The van der Waals surface area contributed by atoms with E-state index in [1.165, 1.54) is 6.20 Å². The molecule has 0 radical (unpaired) electrons. The monoisotopic (exact) mass is 237 g/mol. The number of nitrogens with zero attached hydrogens (tertiary/aromatic N) is 1. The zero-order valence-corrected chi connectivity index (χ0v) is 9.57. The summed E-state index contributed by atoms with van der Waals surface area (Å²) in [7, 11) is -3.10. The molecule has 0 N–H and O–H groups in total. The zero-order chi connectivity index (χ0) is 11.6. The summed E-state index contributed by atoms with van der Waals surface area (Å²) < 4.78 is 27.4. The maximum absolute atomic E-state index is 11.0.